The number of rotatable bonds is 25. The Morgan fingerprint density at radius 3 is 1.47 bits per heavy atom. The molecule has 22 heteroatoms. The fourth-order valence-electron chi connectivity index (χ4n) is 18.8. The number of fused-ring (bicyclic) bond motifs is 4. The van der Waals surface area contributed by atoms with Crippen LogP contribution in [0.4, 0.5) is 0 Å². The lowest BCUT2D eigenvalue weighted by Crippen LogP contribution is -2.58. The summed E-state index contributed by atoms with van der Waals surface area (Å²) in [6.45, 7) is 41.4. The summed E-state index contributed by atoms with van der Waals surface area (Å²) >= 11 is 0. The van der Waals surface area contributed by atoms with Crippen LogP contribution < -0.4 is 0 Å². The Labute approximate surface area is 670 Å². The smallest absolute Gasteiger partial charge is 0.312 e. The lowest BCUT2D eigenvalue weighted by Gasteiger charge is -2.59. The first kappa shape index (κ1) is 91.0. The minimum Gasteiger partial charge on any atom is -0.462 e. The molecular formula is C90H145NO21. The van der Waals surface area contributed by atoms with E-state index in [2.05, 4.69) is 26.8 Å². The topological polar surface area (TPSA) is 280 Å². The third kappa shape index (κ3) is 21.3. The van der Waals surface area contributed by atoms with Crippen LogP contribution in [-0.4, -0.2) is 147 Å². The Morgan fingerprint density at radius 2 is 0.964 bits per heavy atom. The summed E-state index contributed by atoms with van der Waals surface area (Å²) in [5.74, 6) is 3.65. The monoisotopic (exact) mass is 1580 g/mol. The van der Waals surface area contributed by atoms with Gasteiger partial charge in [-0.1, -0.05) is 48.5 Å². The molecule has 0 N–H and O–H groups in total. The predicted molar refractivity (Wildman–Crippen MR) is 418 cm³/mol. The van der Waals surface area contributed by atoms with E-state index in [-0.39, 0.29) is 143 Å². The number of ether oxygens (including phenoxy) is 13. The average molecular weight is 1580 g/mol. The SMILES string of the molecule is CCC(C)(C)C(=O)OC1(C)C2CC3CC(C2)CC1C3.CCC(C)(C)C(=O)OC1C2CC3C(=O)OC1C3C2.CCC(C)(C)C(=O)OC1C2CC3C(=O)OC1C3O2.CCC(C)(C)C(=O)OC1CC2CC(C#N)C1C2.CCC(C)(C)C(=O)OCC(COC1CCCCO1)OC1CCCCO1.CCC1(OC(=O)C(C)(C)CC)CCCC1. The minimum absolute atomic E-state index is 0.00303. The van der Waals surface area contributed by atoms with Gasteiger partial charge in [0, 0.05) is 31.0 Å². The van der Waals surface area contributed by atoms with Crippen molar-refractivity contribution in [1.82, 2.24) is 0 Å². The van der Waals surface area contributed by atoms with Gasteiger partial charge in [-0.2, -0.15) is 5.26 Å². The second-order valence-corrected chi connectivity index (χ2v) is 39.7. The molecule has 0 aromatic rings. The highest BCUT2D eigenvalue weighted by molar-refractivity contribution is 5.81. The van der Waals surface area contributed by atoms with Crippen LogP contribution in [0.25, 0.3) is 0 Å². The predicted octanol–water partition coefficient (Wildman–Crippen LogP) is 17.2. The summed E-state index contributed by atoms with van der Waals surface area (Å²) in [5, 5.41) is 9.06. The summed E-state index contributed by atoms with van der Waals surface area (Å²) in [4.78, 5) is 96.0. The molecule has 6 heterocycles. The molecule has 636 valence electrons. The van der Waals surface area contributed by atoms with Crippen molar-refractivity contribution in [2.24, 2.45) is 97.6 Å². The highest BCUT2D eigenvalue weighted by Crippen LogP contribution is 2.61. The molecule has 17 atom stereocenters. The average Bonchev–Trinajstić information content (AvgIpc) is 1.34. The highest BCUT2D eigenvalue weighted by atomic mass is 16.7. The van der Waals surface area contributed by atoms with Gasteiger partial charge in [-0.3, -0.25) is 38.4 Å². The van der Waals surface area contributed by atoms with Crippen molar-refractivity contribution in [3.05, 3.63) is 0 Å². The fourth-order valence-corrected chi connectivity index (χ4v) is 18.8. The molecule has 15 aliphatic rings. The Balaban J connectivity index is 0.000000155. The molecule has 0 aromatic heterocycles. The van der Waals surface area contributed by atoms with Crippen LogP contribution in [-0.2, 0) is 99.9 Å². The Morgan fingerprint density at radius 1 is 0.482 bits per heavy atom. The van der Waals surface area contributed by atoms with Crippen LogP contribution in [0.2, 0.25) is 0 Å². The third-order valence-electron chi connectivity index (χ3n) is 29.5. The molecule has 0 radical (unpaired) electrons. The first-order valence-corrected chi connectivity index (χ1v) is 43.9. The maximum Gasteiger partial charge on any atom is 0.312 e. The number of carbonyl (C=O) groups excluding carboxylic acids is 8. The number of nitriles is 1. The van der Waals surface area contributed by atoms with Crippen molar-refractivity contribution < 1.29 is 99.9 Å². The van der Waals surface area contributed by atoms with Crippen molar-refractivity contribution in [1.29, 1.82) is 5.26 Å². The maximum atomic E-state index is 12.5. The van der Waals surface area contributed by atoms with Crippen LogP contribution >= 0.6 is 0 Å². The molecule has 9 saturated carbocycles. The molecule has 0 amide bonds. The van der Waals surface area contributed by atoms with E-state index in [0.29, 0.717) is 61.6 Å². The van der Waals surface area contributed by atoms with Gasteiger partial charge in [0.2, 0.25) is 0 Å². The van der Waals surface area contributed by atoms with Crippen molar-refractivity contribution in [2.75, 3.05) is 26.4 Å². The first-order valence-electron chi connectivity index (χ1n) is 43.9. The molecule has 10 bridgehead atoms. The van der Waals surface area contributed by atoms with Gasteiger partial charge in [0.05, 0.1) is 69.0 Å². The molecule has 6 saturated heterocycles. The van der Waals surface area contributed by atoms with Crippen LogP contribution in [0.1, 0.15) is 318 Å². The standard InChI is InChI=1S/C19H34O6.C17H28O2.C14H21NO2.C14H20O4.C13H18O5.C13H24O2/c1-4-19(2,3)18(20)24-14-15(25-17-10-6-8-12-22-17)13-23-16-9-5-7-11-21-16;1-5-16(2,3)15(18)19-17(4)13-7-11-6-12(9-13)10-14(17)8-11;1-4-14(2,3)13(16)17-12-7-9-5-10(8-15)11(12)6-9;1-4-14(2,3)13(16)18-10-7-5-8-9(6-7)12(15)17-11(8)10;1-4-13(2,3)12(15)18-9-7-5-6-8(16-7)10(9)17-11(6)14;1-5-12(3,4)11(14)15-13(6-2)9-7-8-10-13/h15-17H,4-14H2,1-3H3;11-14H,5-10H2,1-4H3;9-12H,4-7H2,1-3H3;7-11H,4-6H2,1-3H3;6-10H,4-5H2,1-3H3;5-10H2,1-4H3. The molecule has 17 unspecified atom stereocenters. The Bertz CT molecular complexity index is 3130. The van der Waals surface area contributed by atoms with Gasteiger partial charge in [0.1, 0.15) is 48.3 Å². The number of hydrogen-bond acceptors (Lipinski definition) is 22. The molecule has 0 spiro atoms. The molecule has 15 rings (SSSR count). The van der Waals surface area contributed by atoms with E-state index in [4.69, 9.17) is 66.8 Å². The summed E-state index contributed by atoms with van der Waals surface area (Å²) in [6.07, 6.45) is 26.0. The van der Waals surface area contributed by atoms with Crippen LogP contribution in [0.3, 0.4) is 0 Å². The molecule has 9 aliphatic carbocycles. The molecule has 15 fully saturated rings. The van der Waals surface area contributed by atoms with Crippen molar-refractivity contribution >= 4 is 47.8 Å². The van der Waals surface area contributed by atoms with Gasteiger partial charge in [0.15, 0.2) is 24.8 Å². The van der Waals surface area contributed by atoms with E-state index < -0.39 is 33.9 Å². The zero-order valence-corrected chi connectivity index (χ0v) is 72.3. The number of nitrogens with zero attached hydrogens (tertiary/aromatic N) is 1. The van der Waals surface area contributed by atoms with E-state index in [1.165, 1.54) is 44.9 Å². The zero-order valence-electron chi connectivity index (χ0n) is 72.3. The van der Waals surface area contributed by atoms with E-state index in [0.717, 1.165) is 140 Å². The molecule has 0 aromatic carbocycles. The number of hydrogen-bond donors (Lipinski definition) is 0. The molecule has 112 heavy (non-hydrogen) atoms. The summed E-state index contributed by atoms with van der Waals surface area (Å²) in [7, 11) is 0. The molecular weight excluding hydrogens is 1430 g/mol. The highest BCUT2D eigenvalue weighted by Gasteiger charge is 2.66. The van der Waals surface area contributed by atoms with E-state index in [9.17, 15) is 38.4 Å². The quantitative estimate of drug-likeness (QED) is 0.0606. The van der Waals surface area contributed by atoms with Gasteiger partial charge in [-0.25, -0.2) is 0 Å². The van der Waals surface area contributed by atoms with Crippen LogP contribution in [0, 0.1) is 109 Å². The van der Waals surface area contributed by atoms with Crippen LogP contribution in [0.5, 0.6) is 0 Å². The van der Waals surface area contributed by atoms with Crippen LogP contribution in [0.15, 0.2) is 0 Å². The van der Waals surface area contributed by atoms with Crippen molar-refractivity contribution in [2.45, 2.75) is 391 Å². The van der Waals surface area contributed by atoms with Gasteiger partial charge in [0.25, 0.3) is 0 Å². The van der Waals surface area contributed by atoms with Gasteiger partial charge in [-0.15, -0.1) is 0 Å². The first-order chi connectivity index (χ1) is 52.7. The zero-order chi connectivity index (χ0) is 82.3. The molecule has 6 aliphatic heterocycles. The minimum atomic E-state index is -0.510. The number of esters is 8. The second kappa shape index (κ2) is 37.8. The van der Waals surface area contributed by atoms with E-state index >= 15 is 0 Å². The lowest BCUT2D eigenvalue weighted by atomic mass is 9.50. The van der Waals surface area contributed by atoms with Crippen molar-refractivity contribution in [3.63, 3.8) is 0 Å². The third-order valence-corrected chi connectivity index (χ3v) is 29.5. The lowest BCUT2D eigenvalue weighted by molar-refractivity contribution is -0.231. The van der Waals surface area contributed by atoms with E-state index in [1.807, 2.05) is 118 Å². The van der Waals surface area contributed by atoms with Crippen molar-refractivity contribution in [3.8, 4) is 6.07 Å². The largest absolute Gasteiger partial charge is 0.462 e. The maximum absolute atomic E-state index is 12.5. The Kier molecular flexibility index (Phi) is 30.7. The summed E-state index contributed by atoms with van der Waals surface area (Å²) in [5.41, 5.74) is -2.82. The normalized spacial score (nSPS) is 34.7. The number of carbonyl (C=O) groups is 8. The summed E-state index contributed by atoms with van der Waals surface area (Å²) < 4.78 is 73.6. The second-order valence-electron chi connectivity index (χ2n) is 39.7. The van der Waals surface area contributed by atoms with Gasteiger partial charge < -0.3 is 61.6 Å². The molecule has 22 nitrogen and oxygen atoms in total. The fraction of sp³-hybridized carbons (Fsp3) is 0.900. The van der Waals surface area contributed by atoms with Gasteiger partial charge in [-0.05, 0) is 299 Å². The Hall–Kier alpha value is -4.95. The van der Waals surface area contributed by atoms with E-state index in [1.54, 1.807) is 0 Å². The summed E-state index contributed by atoms with van der Waals surface area (Å²) in [6, 6.07) is 2.36. The van der Waals surface area contributed by atoms with Gasteiger partial charge >= 0.3 is 47.8 Å².